The van der Waals surface area contributed by atoms with Gasteiger partial charge in [-0.3, -0.25) is 9.69 Å². The first-order valence-electron chi connectivity index (χ1n) is 7.16. The number of carbonyl (C=O) groups excluding carboxylic acids is 1. The van der Waals surface area contributed by atoms with Gasteiger partial charge >= 0.3 is 5.97 Å². The van der Waals surface area contributed by atoms with E-state index in [4.69, 9.17) is 4.74 Å². The van der Waals surface area contributed by atoms with Crippen molar-refractivity contribution in [3.8, 4) is 0 Å². The van der Waals surface area contributed by atoms with E-state index in [0.717, 1.165) is 38.8 Å². The van der Waals surface area contributed by atoms with E-state index >= 15 is 0 Å². The Morgan fingerprint density at radius 1 is 1.39 bits per heavy atom. The van der Waals surface area contributed by atoms with E-state index in [9.17, 15) is 9.90 Å². The molecule has 0 aliphatic carbocycles. The Bertz CT molecular complexity index is 264. The van der Waals surface area contributed by atoms with Gasteiger partial charge in [0.25, 0.3) is 0 Å². The van der Waals surface area contributed by atoms with Crippen LogP contribution in [0.1, 0.15) is 46.5 Å². The first-order chi connectivity index (χ1) is 8.54. The Labute approximate surface area is 110 Å². The van der Waals surface area contributed by atoms with Gasteiger partial charge < -0.3 is 9.84 Å². The first kappa shape index (κ1) is 15.4. The Morgan fingerprint density at radius 3 is 2.61 bits per heavy atom. The van der Waals surface area contributed by atoms with Crippen LogP contribution in [0, 0.1) is 5.92 Å². The summed E-state index contributed by atoms with van der Waals surface area (Å²) in [7, 11) is 0. The molecule has 1 fully saturated rings. The van der Waals surface area contributed by atoms with Crippen molar-refractivity contribution in [2.45, 2.75) is 52.1 Å². The number of esters is 1. The minimum atomic E-state index is -0.615. The SMILES string of the molecule is CCOC(=O)[C@H]1CCCN(CC(O)(CC)CC)C1. The van der Waals surface area contributed by atoms with Crippen molar-refractivity contribution in [3.05, 3.63) is 0 Å². The van der Waals surface area contributed by atoms with E-state index in [0.29, 0.717) is 13.2 Å². The Morgan fingerprint density at radius 2 is 2.06 bits per heavy atom. The highest BCUT2D eigenvalue weighted by atomic mass is 16.5. The van der Waals surface area contributed by atoms with Crippen LogP contribution in [0.2, 0.25) is 0 Å². The normalized spacial score (nSPS) is 21.9. The van der Waals surface area contributed by atoms with E-state index in [1.807, 2.05) is 20.8 Å². The van der Waals surface area contributed by atoms with Crippen molar-refractivity contribution >= 4 is 5.97 Å². The molecule has 0 bridgehead atoms. The number of hydrogen-bond acceptors (Lipinski definition) is 4. The highest BCUT2D eigenvalue weighted by Gasteiger charge is 2.31. The average Bonchev–Trinajstić information content (AvgIpc) is 2.39. The zero-order valence-corrected chi connectivity index (χ0v) is 11.9. The molecule has 1 rings (SSSR count). The fourth-order valence-electron chi connectivity index (χ4n) is 2.54. The second kappa shape index (κ2) is 7.10. The predicted octanol–water partition coefficient (Wildman–Crippen LogP) is 1.81. The molecule has 4 heteroatoms. The summed E-state index contributed by atoms with van der Waals surface area (Å²) in [5.41, 5.74) is -0.615. The van der Waals surface area contributed by atoms with E-state index in [-0.39, 0.29) is 11.9 Å². The molecule has 0 radical (unpaired) electrons. The Kier molecular flexibility index (Phi) is 6.09. The number of ether oxygens (including phenoxy) is 1. The van der Waals surface area contributed by atoms with Crippen molar-refractivity contribution in [2.75, 3.05) is 26.2 Å². The van der Waals surface area contributed by atoms with Crippen molar-refractivity contribution in [2.24, 2.45) is 5.92 Å². The minimum Gasteiger partial charge on any atom is -0.466 e. The molecule has 1 N–H and O–H groups in total. The van der Waals surface area contributed by atoms with Crippen molar-refractivity contribution < 1.29 is 14.6 Å². The van der Waals surface area contributed by atoms with Crippen LogP contribution in [0.5, 0.6) is 0 Å². The number of hydrogen-bond donors (Lipinski definition) is 1. The summed E-state index contributed by atoms with van der Waals surface area (Å²) < 4.78 is 5.08. The molecule has 0 aromatic rings. The number of piperidine rings is 1. The van der Waals surface area contributed by atoms with Gasteiger partial charge in [0.15, 0.2) is 0 Å². The average molecular weight is 257 g/mol. The largest absolute Gasteiger partial charge is 0.466 e. The van der Waals surface area contributed by atoms with Gasteiger partial charge in [-0.05, 0) is 39.2 Å². The summed E-state index contributed by atoms with van der Waals surface area (Å²) >= 11 is 0. The van der Waals surface area contributed by atoms with Gasteiger partial charge in [0.05, 0.1) is 18.1 Å². The fraction of sp³-hybridized carbons (Fsp3) is 0.929. The zero-order valence-electron chi connectivity index (χ0n) is 11.9. The molecule has 1 aliphatic rings. The molecule has 1 atom stereocenters. The monoisotopic (exact) mass is 257 g/mol. The van der Waals surface area contributed by atoms with Crippen molar-refractivity contribution in [1.29, 1.82) is 0 Å². The van der Waals surface area contributed by atoms with Gasteiger partial charge in [-0.25, -0.2) is 0 Å². The van der Waals surface area contributed by atoms with E-state index < -0.39 is 5.60 Å². The van der Waals surface area contributed by atoms with Crippen molar-refractivity contribution in [3.63, 3.8) is 0 Å². The van der Waals surface area contributed by atoms with E-state index in [1.54, 1.807) is 0 Å². The minimum absolute atomic E-state index is 0.0170. The lowest BCUT2D eigenvalue weighted by Crippen LogP contribution is -2.47. The molecule has 0 amide bonds. The second-order valence-corrected chi connectivity index (χ2v) is 5.26. The molecular weight excluding hydrogens is 230 g/mol. The van der Waals surface area contributed by atoms with E-state index in [2.05, 4.69) is 4.90 Å². The molecule has 18 heavy (non-hydrogen) atoms. The third-order valence-corrected chi connectivity index (χ3v) is 3.96. The van der Waals surface area contributed by atoms with Crippen LogP contribution >= 0.6 is 0 Å². The van der Waals surface area contributed by atoms with Crippen LogP contribution in [0.15, 0.2) is 0 Å². The number of aliphatic hydroxyl groups is 1. The number of β-amino-alcohol motifs (C(OH)–C–C–N with tert-alkyl or cyclic N) is 1. The first-order valence-corrected chi connectivity index (χ1v) is 7.16. The van der Waals surface area contributed by atoms with Gasteiger partial charge in [-0.1, -0.05) is 13.8 Å². The summed E-state index contributed by atoms with van der Waals surface area (Å²) in [6, 6.07) is 0. The predicted molar refractivity (Wildman–Crippen MR) is 71.3 cm³/mol. The summed E-state index contributed by atoms with van der Waals surface area (Å²) in [6.07, 6.45) is 3.42. The number of rotatable bonds is 6. The van der Waals surface area contributed by atoms with Gasteiger partial charge in [-0.2, -0.15) is 0 Å². The van der Waals surface area contributed by atoms with E-state index in [1.165, 1.54) is 0 Å². The Balaban J connectivity index is 2.51. The van der Waals surface area contributed by atoms with Crippen LogP contribution in [0.4, 0.5) is 0 Å². The highest BCUT2D eigenvalue weighted by molar-refractivity contribution is 5.72. The maximum atomic E-state index is 11.7. The summed E-state index contributed by atoms with van der Waals surface area (Å²) in [5, 5.41) is 10.4. The number of likely N-dealkylation sites (tertiary alicyclic amines) is 1. The van der Waals surface area contributed by atoms with Gasteiger partial charge in [0.1, 0.15) is 0 Å². The lowest BCUT2D eigenvalue weighted by Gasteiger charge is -2.37. The lowest BCUT2D eigenvalue weighted by molar-refractivity contribution is -0.150. The molecule has 0 aromatic heterocycles. The van der Waals surface area contributed by atoms with Crippen LogP contribution < -0.4 is 0 Å². The van der Waals surface area contributed by atoms with Crippen LogP contribution in [-0.2, 0) is 9.53 Å². The maximum Gasteiger partial charge on any atom is 0.310 e. The van der Waals surface area contributed by atoms with Crippen LogP contribution in [0.3, 0.4) is 0 Å². The van der Waals surface area contributed by atoms with Gasteiger partial charge in [0.2, 0.25) is 0 Å². The molecule has 4 nitrogen and oxygen atoms in total. The third-order valence-electron chi connectivity index (χ3n) is 3.96. The third kappa shape index (κ3) is 4.25. The maximum absolute atomic E-state index is 11.7. The lowest BCUT2D eigenvalue weighted by atomic mass is 9.93. The van der Waals surface area contributed by atoms with Crippen LogP contribution in [-0.4, -0.2) is 47.8 Å². The molecule has 0 aromatic carbocycles. The fourth-order valence-corrected chi connectivity index (χ4v) is 2.54. The summed E-state index contributed by atoms with van der Waals surface area (Å²) in [6.45, 7) is 8.66. The molecule has 1 heterocycles. The zero-order chi connectivity index (χ0) is 13.6. The molecule has 106 valence electrons. The van der Waals surface area contributed by atoms with Gasteiger partial charge in [0, 0.05) is 13.1 Å². The summed E-state index contributed by atoms with van der Waals surface area (Å²) in [4.78, 5) is 13.9. The molecule has 0 saturated carbocycles. The molecule has 1 aliphatic heterocycles. The van der Waals surface area contributed by atoms with Gasteiger partial charge in [-0.15, -0.1) is 0 Å². The smallest absolute Gasteiger partial charge is 0.310 e. The topological polar surface area (TPSA) is 49.8 Å². The summed E-state index contributed by atoms with van der Waals surface area (Å²) in [5.74, 6) is -0.101. The second-order valence-electron chi connectivity index (χ2n) is 5.26. The molecule has 1 saturated heterocycles. The quantitative estimate of drug-likeness (QED) is 0.737. The highest BCUT2D eigenvalue weighted by Crippen LogP contribution is 2.22. The number of carbonyl (C=O) groups is 1. The molecule has 0 spiro atoms. The molecular formula is C14H27NO3. The Hall–Kier alpha value is -0.610. The van der Waals surface area contributed by atoms with Crippen molar-refractivity contribution in [1.82, 2.24) is 4.90 Å². The standard InChI is InChI=1S/C14H27NO3/c1-4-14(17,5-2)11-15-9-7-8-12(10-15)13(16)18-6-3/h12,17H,4-11H2,1-3H3/t12-/m0/s1. The van der Waals surface area contributed by atoms with Crippen LogP contribution in [0.25, 0.3) is 0 Å². The number of nitrogens with zero attached hydrogens (tertiary/aromatic N) is 1. The molecule has 0 unspecified atom stereocenters.